The van der Waals surface area contributed by atoms with E-state index in [0.29, 0.717) is 5.76 Å². The molecule has 2 aromatic heterocycles. The van der Waals surface area contributed by atoms with Gasteiger partial charge in [0.15, 0.2) is 11.6 Å². The van der Waals surface area contributed by atoms with E-state index < -0.39 is 11.6 Å². The van der Waals surface area contributed by atoms with Crippen molar-refractivity contribution in [3.05, 3.63) is 48.2 Å². The van der Waals surface area contributed by atoms with Crippen LogP contribution in [0.2, 0.25) is 0 Å². The van der Waals surface area contributed by atoms with Gasteiger partial charge in [-0.3, -0.25) is 0 Å². The van der Waals surface area contributed by atoms with Crippen LogP contribution >= 0.6 is 0 Å². The van der Waals surface area contributed by atoms with Gasteiger partial charge in [-0.25, -0.2) is 8.78 Å². The maximum Gasteiger partial charge on any atom is 0.212 e. The molecule has 0 atom stereocenters. The Labute approximate surface area is 106 Å². The van der Waals surface area contributed by atoms with E-state index in [1.165, 1.54) is 12.3 Å². The number of benzene rings is 1. The highest BCUT2D eigenvalue weighted by Crippen LogP contribution is 2.37. The molecule has 0 aliphatic rings. The second-order valence-corrected chi connectivity index (χ2v) is 3.87. The summed E-state index contributed by atoms with van der Waals surface area (Å²) < 4.78 is 37.0. The SMILES string of the molecule is Nc1noc(-c2ccco2)c1-c1ccc(F)cc1F. The highest BCUT2D eigenvalue weighted by atomic mass is 19.1. The Morgan fingerprint density at radius 2 is 2.00 bits per heavy atom. The van der Waals surface area contributed by atoms with Crippen molar-refractivity contribution in [1.82, 2.24) is 5.16 Å². The Morgan fingerprint density at radius 3 is 2.68 bits per heavy atom. The molecule has 1 aromatic carbocycles. The molecule has 96 valence electrons. The zero-order valence-electron chi connectivity index (χ0n) is 9.56. The summed E-state index contributed by atoms with van der Waals surface area (Å²) in [5, 5.41) is 3.59. The fourth-order valence-electron chi connectivity index (χ4n) is 1.83. The Balaban J connectivity index is 2.22. The predicted molar refractivity (Wildman–Crippen MR) is 64.0 cm³/mol. The number of anilines is 1. The highest BCUT2D eigenvalue weighted by molar-refractivity contribution is 5.85. The largest absolute Gasteiger partial charge is 0.461 e. The summed E-state index contributed by atoms with van der Waals surface area (Å²) in [5.41, 5.74) is 6.03. The van der Waals surface area contributed by atoms with Crippen molar-refractivity contribution < 1.29 is 17.7 Å². The second-order valence-electron chi connectivity index (χ2n) is 3.87. The minimum Gasteiger partial charge on any atom is -0.461 e. The zero-order chi connectivity index (χ0) is 13.4. The maximum atomic E-state index is 13.8. The average Bonchev–Trinajstić information content (AvgIpc) is 2.99. The highest BCUT2D eigenvalue weighted by Gasteiger charge is 2.22. The van der Waals surface area contributed by atoms with Gasteiger partial charge in [0.25, 0.3) is 0 Å². The molecule has 19 heavy (non-hydrogen) atoms. The maximum absolute atomic E-state index is 13.8. The van der Waals surface area contributed by atoms with E-state index in [0.717, 1.165) is 12.1 Å². The monoisotopic (exact) mass is 262 g/mol. The molecule has 0 unspecified atom stereocenters. The molecule has 0 amide bonds. The molecule has 0 aliphatic heterocycles. The van der Waals surface area contributed by atoms with E-state index in [1.807, 2.05) is 0 Å². The van der Waals surface area contributed by atoms with Crippen LogP contribution in [0.3, 0.4) is 0 Å². The molecule has 0 spiro atoms. The molecule has 2 N–H and O–H groups in total. The summed E-state index contributed by atoms with van der Waals surface area (Å²) in [6.45, 7) is 0. The lowest BCUT2D eigenvalue weighted by Gasteiger charge is -2.02. The van der Waals surface area contributed by atoms with Gasteiger partial charge in [0.1, 0.15) is 11.6 Å². The Kier molecular flexibility index (Phi) is 2.56. The van der Waals surface area contributed by atoms with Gasteiger partial charge in [-0.05, 0) is 24.3 Å². The molecule has 6 heteroatoms. The molecule has 0 bridgehead atoms. The summed E-state index contributed by atoms with van der Waals surface area (Å²) in [4.78, 5) is 0. The molecule has 0 radical (unpaired) electrons. The van der Waals surface area contributed by atoms with Crippen LogP contribution in [-0.4, -0.2) is 5.16 Å². The number of nitrogens with zero attached hydrogens (tertiary/aromatic N) is 1. The van der Waals surface area contributed by atoms with Gasteiger partial charge in [0.05, 0.1) is 11.8 Å². The summed E-state index contributed by atoms with van der Waals surface area (Å²) in [6.07, 6.45) is 1.44. The van der Waals surface area contributed by atoms with Crippen molar-refractivity contribution in [3.8, 4) is 22.6 Å². The number of nitrogen functional groups attached to an aromatic ring is 1. The van der Waals surface area contributed by atoms with Gasteiger partial charge >= 0.3 is 0 Å². The van der Waals surface area contributed by atoms with Crippen LogP contribution in [0.15, 0.2) is 45.5 Å². The van der Waals surface area contributed by atoms with Crippen molar-refractivity contribution in [2.75, 3.05) is 5.73 Å². The van der Waals surface area contributed by atoms with Crippen LogP contribution in [0, 0.1) is 11.6 Å². The number of aromatic nitrogens is 1. The molecule has 3 rings (SSSR count). The number of hydrogen-bond acceptors (Lipinski definition) is 4. The first kappa shape index (κ1) is 11.5. The van der Waals surface area contributed by atoms with E-state index in [4.69, 9.17) is 14.7 Å². The Bertz CT molecular complexity index is 720. The van der Waals surface area contributed by atoms with E-state index in [-0.39, 0.29) is 22.7 Å². The molecule has 3 aromatic rings. The standard InChI is InChI=1S/C13H8F2N2O2/c14-7-3-4-8(9(15)6-7)11-12(19-17-13(11)16)10-2-1-5-18-10/h1-6H,(H2,16,17). The average molecular weight is 262 g/mol. The fourth-order valence-corrected chi connectivity index (χ4v) is 1.83. The first-order chi connectivity index (χ1) is 9.16. The third-order valence-corrected chi connectivity index (χ3v) is 2.66. The summed E-state index contributed by atoms with van der Waals surface area (Å²) >= 11 is 0. The van der Waals surface area contributed by atoms with E-state index in [9.17, 15) is 8.78 Å². The first-order valence-corrected chi connectivity index (χ1v) is 5.41. The van der Waals surface area contributed by atoms with Crippen LogP contribution in [-0.2, 0) is 0 Å². The quantitative estimate of drug-likeness (QED) is 0.768. The van der Waals surface area contributed by atoms with Crippen molar-refractivity contribution in [2.24, 2.45) is 0 Å². The second kappa shape index (κ2) is 4.24. The number of rotatable bonds is 2. The fraction of sp³-hybridized carbons (Fsp3) is 0. The van der Waals surface area contributed by atoms with Crippen LogP contribution in [0.1, 0.15) is 0 Å². The van der Waals surface area contributed by atoms with Gasteiger partial charge in [-0.1, -0.05) is 5.16 Å². The predicted octanol–water partition coefficient (Wildman–Crippen LogP) is 3.46. The number of furan rings is 1. The molecule has 2 heterocycles. The van der Waals surface area contributed by atoms with E-state index >= 15 is 0 Å². The van der Waals surface area contributed by atoms with Gasteiger partial charge in [0.2, 0.25) is 5.76 Å². The van der Waals surface area contributed by atoms with Crippen molar-refractivity contribution in [3.63, 3.8) is 0 Å². The minimum absolute atomic E-state index is 0.0110. The zero-order valence-corrected chi connectivity index (χ0v) is 9.56. The van der Waals surface area contributed by atoms with Crippen molar-refractivity contribution in [2.45, 2.75) is 0 Å². The smallest absolute Gasteiger partial charge is 0.212 e. The van der Waals surface area contributed by atoms with Gasteiger partial charge in [-0.15, -0.1) is 0 Å². The molecular formula is C13H8F2N2O2. The molecule has 0 saturated carbocycles. The lowest BCUT2D eigenvalue weighted by atomic mass is 10.0. The first-order valence-electron chi connectivity index (χ1n) is 5.41. The normalized spacial score (nSPS) is 10.8. The van der Waals surface area contributed by atoms with Crippen LogP contribution in [0.25, 0.3) is 22.6 Å². The summed E-state index contributed by atoms with van der Waals surface area (Å²) in [7, 11) is 0. The third kappa shape index (κ3) is 1.87. The molecule has 0 fully saturated rings. The number of nitrogens with two attached hydrogens (primary N) is 1. The van der Waals surface area contributed by atoms with E-state index in [1.54, 1.807) is 12.1 Å². The van der Waals surface area contributed by atoms with Crippen LogP contribution in [0.4, 0.5) is 14.6 Å². The third-order valence-electron chi connectivity index (χ3n) is 2.66. The molecule has 0 saturated heterocycles. The van der Waals surface area contributed by atoms with Crippen molar-refractivity contribution >= 4 is 5.82 Å². The topological polar surface area (TPSA) is 65.2 Å². The molecular weight excluding hydrogens is 254 g/mol. The summed E-state index contributed by atoms with van der Waals surface area (Å²) in [5.74, 6) is -0.841. The van der Waals surface area contributed by atoms with E-state index in [2.05, 4.69) is 5.16 Å². The Morgan fingerprint density at radius 1 is 1.16 bits per heavy atom. The molecule has 4 nitrogen and oxygen atoms in total. The summed E-state index contributed by atoms with van der Waals surface area (Å²) in [6, 6.07) is 6.47. The van der Waals surface area contributed by atoms with Gasteiger partial charge in [0, 0.05) is 11.6 Å². The number of halogens is 2. The molecule has 0 aliphatic carbocycles. The van der Waals surface area contributed by atoms with Gasteiger partial charge in [-0.2, -0.15) is 0 Å². The van der Waals surface area contributed by atoms with Crippen LogP contribution in [0.5, 0.6) is 0 Å². The van der Waals surface area contributed by atoms with Crippen molar-refractivity contribution in [1.29, 1.82) is 0 Å². The number of hydrogen-bond donors (Lipinski definition) is 1. The minimum atomic E-state index is -0.747. The lowest BCUT2D eigenvalue weighted by Crippen LogP contribution is -1.92. The van der Waals surface area contributed by atoms with Gasteiger partial charge < -0.3 is 14.7 Å². The van der Waals surface area contributed by atoms with Crippen LogP contribution < -0.4 is 5.73 Å². The lowest BCUT2D eigenvalue weighted by molar-refractivity contribution is 0.421. The Hall–Kier alpha value is -2.63.